The van der Waals surface area contributed by atoms with Crippen LogP contribution in [-0.4, -0.2) is 42.7 Å². The van der Waals surface area contributed by atoms with Crippen LogP contribution in [0, 0.1) is 0 Å². The standard InChI is InChI=1S/C13H17N3O4/c14-15-12(17)11-8-16(6-7-19-11)13(18)20-9-10-4-2-1-3-5-10/h1-5,11H,6-9,14H2,(H,15,17). The summed E-state index contributed by atoms with van der Waals surface area (Å²) in [6.45, 7) is 1.00. The number of hydrogen-bond acceptors (Lipinski definition) is 5. The highest BCUT2D eigenvalue weighted by Crippen LogP contribution is 2.09. The Morgan fingerprint density at radius 2 is 2.15 bits per heavy atom. The minimum absolute atomic E-state index is 0.136. The van der Waals surface area contributed by atoms with Crippen LogP contribution in [0.2, 0.25) is 0 Å². The SMILES string of the molecule is NNC(=O)C1CN(C(=O)OCc2ccccc2)CCO1. The second kappa shape index (κ2) is 6.88. The number of carbonyl (C=O) groups excluding carboxylic acids is 2. The van der Waals surface area contributed by atoms with Gasteiger partial charge in [0.25, 0.3) is 5.91 Å². The Bertz CT molecular complexity index is 466. The largest absolute Gasteiger partial charge is 0.445 e. The van der Waals surface area contributed by atoms with Gasteiger partial charge in [-0.1, -0.05) is 30.3 Å². The summed E-state index contributed by atoms with van der Waals surface area (Å²) in [5.41, 5.74) is 2.92. The number of hydrazine groups is 1. The molecule has 1 aliphatic rings. The van der Waals surface area contributed by atoms with E-state index in [2.05, 4.69) is 0 Å². The van der Waals surface area contributed by atoms with Crippen LogP contribution in [0.15, 0.2) is 30.3 Å². The van der Waals surface area contributed by atoms with Gasteiger partial charge in [0.05, 0.1) is 13.2 Å². The summed E-state index contributed by atoms with van der Waals surface area (Å²) in [6, 6.07) is 9.39. The normalized spacial score (nSPS) is 18.4. The van der Waals surface area contributed by atoms with Crippen LogP contribution in [0.1, 0.15) is 5.56 Å². The zero-order valence-corrected chi connectivity index (χ0v) is 11.0. The van der Waals surface area contributed by atoms with Gasteiger partial charge in [-0.3, -0.25) is 10.2 Å². The van der Waals surface area contributed by atoms with E-state index in [0.29, 0.717) is 6.54 Å². The van der Waals surface area contributed by atoms with E-state index in [-0.39, 0.29) is 19.8 Å². The molecule has 1 aromatic rings. The van der Waals surface area contributed by atoms with Gasteiger partial charge in [-0.05, 0) is 5.56 Å². The molecule has 1 atom stereocenters. The van der Waals surface area contributed by atoms with Gasteiger partial charge >= 0.3 is 6.09 Å². The molecule has 1 fully saturated rings. The number of rotatable bonds is 3. The van der Waals surface area contributed by atoms with Crippen LogP contribution in [0.5, 0.6) is 0 Å². The Hall–Kier alpha value is -2.12. The van der Waals surface area contributed by atoms with Gasteiger partial charge in [0, 0.05) is 6.54 Å². The van der Waals surface area contributed by atoms with Crippen LogP contribution in [0.4, 0.5) is 4.79 Å². The molecule has 20 heavy (non-hydrogen) atoms. The third kappa shape index (κ3) is 3.69. The molecular weight excluding hydrogens is 262 g/mol. The number of hydrogen-bond donors (Lipinski definition) is 2. The quantitative estimate of drug-likeness (QED) is 0.462. The van der Waals surface area contributed by atoms with E-state index in [1.807, 2.05) is 35.8 Å². The number of carbonyl (C=O) groups is 2. The Morgan fingerprint density at radius 1 is 1.40 bits per heavy atom. The van der Waals surface area contributed by atoms with Crippen LogP contribution in [-0.2, 0) is 20.9 Å². The van der Waals surface area contributed by atoms with Crippen LogP contribution in [0.3, 0.4) is 0 Å². The summed E-state index contributed by atoms with van der Waals surface area (Å²) < 4.78 is 10.4. The molecular formula is C13H17N3O4. The van der Waals surface area contributed by atoms with Crippen LogP contribution in [0.25, 0.3) is 0 Å². The topological polar surface area (TPSA) is 93.9 Å². The van der Waals surface area contributed by atoms with E-state index in [4.69, 9.17) is 15.3 Å². The summed E-state index contributed by atoms with van der Waals surface area (Å²) in [5.74, 6) is 4.59. The van der Waals surface area contributed by atoms with Crippen LogP contribution >= 0.6 is 0 Å². The molecule has 1 saturated heterocycles. The maximum Gasteiger partial charge on any atom is 0.410 e. The van der Waals surface area contributed by atoms with Crippen molar-refractivity contribution in [1.82, 2.24) is 10.3 Å². The van der Waals surface area contributed by atoms with E-state index in [0.717, 1.165) is 5.56 Å². The van der Waals surface area contributed by atoms with Gasteiger partial charge in [-0.2, -0.15) is 0 Å². The van der Waals surface area contributed by atoms with Crippen molar-refractivity contribution in [2.75, 3.05) is 19.7 Å². The molecule has 0 radical (unpaired) electrons. The molecule has 108 valence electrons. The molecule has 0 spiro atoms. The third-order valence-corrected chi connectivity index (χ3v) is 2.96. The number of amides is 2. The number of nitrogens with two attached hydrogens (primary N) is 1. The zero-order chi connectivity index (χ0) is 14.4. The highest BCUT2D eigenvalue weighted by atomic mass is 16.6. The van der Waals surface area contributed by atoms with E-state index in [1.165, 1.54) is 4.90 Å². The molecule has 1 aliphatic heterocycles. The predicted molar refractivity (Wildman–Crippen MR) is 70.3 cm³/mol. The van der Waals surface area contributed by atoms with Gasteiger partial charge in [0.15, 0.2) is 6.10 Å². The smallest absolute Gasteiger partial charge is 0.410 e. The van der Waals surface area contributed by atoms with Crippen molar-refractivity contribution >= 4 is 12.0 Å². The van der Waals surface area contributed by atoms with Crippen molar-refractivity contribution < 1.29 is 19.1 Å². The fraction of sp³-hybridized carbons (Fsp3) is 0.385. The monoisotopic (exact) mass is 279 g/mol. The summed E-state index contributed by atoms with van der Waals surface area (Å²) in [4.78, 5) is 24.7. The lowest BCUT2D eigenvalue weighted by Crippen LogP contribution is -2.52. The Kier molecular flexibility index (Phi) is 4.91. The van der Waals surface area contributed by atoms with Crippen molar-refractivity contribution in [1.29, 1.82) is 0 Å². The molecule has 2 amide bonds. The summed E-state index contributed by atoms with van der Waals surface area (Å²) in [6.07, 6.45) is -1.22. The maximum atomic E-state index is 11.9. The Balaban J connectivity index is 1.84. The average Bonchev–Trinajstić information content (AvgIpc) is 2.53. The molecule has 0 aromatic heterocycles. The predicted octanol–water partition coefficient (Wildman–Crippen LogP) is 0.0139. The van der Waals surface area contributed by atoms with Crippen molar-refractivity contribution in [3.63, 3.8) is 0 Å². The summed E-state index contributed by atoms with van der Waals surface area (Å²) in [5, 5.41) is 0. The highest BCUT2D eigenvalue weighted by molar-refractivity contribution is 5.81. The van der Waals surface area contributed by atoms with E-state index >= 15 is 0 Å². The molecule has 2 rings (SSSR count). The number of ether oxygens (including phenoxy) is 2. The number of morpholine rings is 1. The lowest BCUT2D eigenvalue weighted by molar-refractivity contribution is -0.137. The first-order chi connectivity index (χ1) is 9.70. The van der Waals surface area contributed by atoms with Crippen molar-refractivity contribution in [2.24, 2.45) is 5.84 Å². The summed E-state index contributed by atoms with van der Waals surface area (Å²) >= 11 is 0. The van der Waals surface area contributed by atoms with E-state index in [1.54, 1.807) is 0 Å². The first-order valence-electron chi connectivity index (χ1n) is 6.28. The fourth-order valence-corrected chi connectivity index (χ4v) is 1.88. The van der Waals surface area contributed by atoms with Gasteiger partial charge in [0.2, 0.25) is 0 Å². The first-order valence-corrected chi connectivity index (χ1v) is 6.28. The Morgan fingerprint density at radius 3 is 2.85 bits per heavy atom. The maximum absolute atomic E-state index is 11.9. The molecule has 1 unspecified atom stereocenters. The fourth-order valence-electron chi connectivity index (χ4n) is 1.88. The first kappa shape index (κ1) is 14.3. The van der Waals surface area contributed by atoms with Gasteiger partial charge in [-0.25, -0.2) is 10.6 Å². The lowest BCUT2D eigenvalue weighted by atomic mass is 10.2. The van der Waals surface area contributed by atoms with E-state index in [9.17, 15) is 9.59 Å². The highest BCUT2D eigenvalue weighted by Gasteiger charge is 2.29. The third-order valence-electron chi connectivity index (χ3n) is 2.96. The molecule has 0 bridgehead atoms. The molecule has 3 N–H and O–H groups in total. The van der Waals surface area contributed by atoms with E-state index < -0.39 is 18.1 Å². The zero-order valence-electron chi connectivity index (χ0n) is 11.0. The van der Waals surface area contributed by atoms with Crippen molar-refractivity contribution in [2.45, 2.75) is 12.7 Å². The molecule has 7 nitrogen and oxygen atoms in total. The number of nitrogens with one attached hydrogen (secondary N) is 1. The second-order valence-corrected chi connectivity index (χ2v) is 4.35. The van der Waals surface area contributed by atoms with Gasteiger partial charge in [-0.15, -0.1) is 0 Å². The van der Waals surface area contributed by atoms with Crippen LogP contribution < -0.4 is 11.3 Å². The second-order valence-electron chi connectivity index (χ2n) is 4.35. The van der Waals surface area contributed by atoms with Gasteiger partial charge < -0.3 is 14.4 Å². The van der Waals surface area contributed by atoms with Gasteiger partial charge in [0.1, 0.15) is 6.61 Å². The van der Waals surface area contributed by atoms with Crippen molar-refractivity contribution in [3.8, 4) is 0 Å². The lowest BCUT2D eigenvalue weighted by Gasteiger charge is -2.31. The van der Waals surface area contributed by atoms with Crippen molar-refractivity contribution in [3.05, 3.63) is 35.9 Å². The molecule has 7 heteroatoms. The average molecular weight is 279 g/mol. The molecule has 1 aromatic carbocycles. The molecule has 0 saturated carbocycles. The number of nitrogens with zero attached hydrogens (tertiary/aromatic N) is 1. The molecule has 0 aliphatic carbocycles. The minimum Gasteiger partial charge on any atom is -0.445 e. The summed E-state index contributed by atoms with van der Waals surface area (Å²) in [7, 11) is 0. The molecule has 1 heterocycles. The number of benzene rings is 1. The minimum atomic E-state index is -0.752. The Labute approximate surface area is 116 Å².